The van der Waals surface area contributed by atoms with Gasteiger partial charge in [0.05, 0.1) is 13.2 Å². The predicted octanol–water partition coefficient (Wildman–Crippen LogP) is -0.670. The number of amides is 3. The van der Waals surface area contributed by atoms with Crippen LogP contribution in [0.25, 0.3) is 0 Å². The number of hydrogen-bond acceptors (Lipinski definition) is 3. The maximum Gasteiger partial charge on any atom is 0.325 e. The van der Waals surface area contributed by atoms with Crippen LogP contribution >= 0.6 is 0 Å². The molecule has 2 saturated heterocycles. The fraction of sp³-hybridized carbons (Fsp3) is 0.556. The Morgan fingerprint density at radius 3 is 3.00 bits per heavy atom. The van der Waals surface area contributed by atoms with E-state index >= 15 is 0 Å². The molecule has 5 heteroatoms. The zero-order valence-electron chi connectivity index (χ0n) is 7.58. The molecule has 2 fully saturated rings. The molecule has 2 heterocycles. The largest absolute Gasteiger partial charge is 0.378 e. The number of urea groups is 1. The maximum absolute atomic E-state index is 11.8. The van der Waals surface area contributed by atoms with E-state index in [1.165, 1.54) is 0 Å². The van der Waals surface area contributed by atoms with Gasteiger partial charge in [-0.3, -0.25) is 9.69 Å². The van der Waals surface area contributed by atoms with Crippen LogP contribution in [-0.2, 0) is 9.53 Å². The summed E-state index contributed by atoms with van der Waals surface area (Å²) in [6.07, 6.45) is 5.59. The average Bonchev–Trinajstić information content (AvgIpc) is 2.69. The highest BCUT2D eigenvalue weighted by Crippen LogP contribution is 2.26. The first-order chi connectivity index (χ1) is 6.69. The molecule has 74 valence electrons. The van der Waals surface area contributed by atoms with Crippen molar-refractivity contribution in [2.45, 2.75) is 12.0 Å². The third kappa shape index (κ3) is 1.08. The predicted molar refractivity (Wildman–Crippen MR) is 47.2 cm³/mol. The summed E-state index contributed by atoms with van der Waals surface area (Å²) < 4.78 is 5.11. The summed E-state index contributed by atoms with van der Waals surface area (Å²) in [5.74, 6) is 2.01. The Bertz CT molecular complexity index is 325. The van der Waals surface area contributed by atoms with Crippen molar-refractivity contribution in [3.8, 4) is 12.3 Å². The van der Waals surface area contributed by atoms with E-state index in [0.29, 0.717) is 13.0 Å². The molecular weight excluding hydrogens is 184 g/mol. The third-order valence-electron chi connectivity index (χ3n) is 2.52. The first-order valence-electron chi connectivity index (χ1n) is 4.35. The quantitative estimate of drug-likeness (QED) is 0.445. The van der Waals surface area contributed by atoms with Gasteiger partial charge in [0.2, 0.25) is 0 Å². The molecule has 0 bridgehead atoms. The molecule has 0 aromatic rings. The van der Waals surface area contributed by atoms with Gasteiger partial charge in [-0.05, 0) is 0 Å². The first-order valence-corrected chi connectivity index (χ1v) is 4.35. The van der Waals surface area contributed by atoms with Gasteiger partial charge in [0, 0.05) is 13.0 Å². The summed E-state index contributed by atoms with van der Waals surface area (Å²) >= 11 is 0. The Morgan fingerprint density at radius 1 is 1.64 bits per heavy atom. The number of ether oxygens (including phenoxy) is 1. The molecule has 2 aliphatic heterocycles. The van der Waals surface area contributed by atoms with E-state index in [9.17, 15) is 9.59 Å². The number of carbonyl (C=O) groups excluding carboxylic acids is 2. The molecule has 0 saturated carbocycles. The van der Waals surface area contributed by atoms with E-state index in [1.807, 2.05) is 0 Å². The standard InChI is InChI=1S/C9H10N2O3/c1-2-4-11-7(12)9(10-8(11)13)3-5-14-6-9/h1H,3-6H2,(H,10,13). The van der Waals surface area contributed by atoms with Gasteiger partial charge in [-0.15, -0.1) is 6.42 Å². The molecule has 5 nitrogen and oxygen atoms in total. The molecule has 1 unspecified atom stereocenters. The Hall–Kier alpha value is -1.54. The van der Waals surface area contributed by atoms with Crippen LogP contribution in [0.15, 0.2) is 0 Å². The van der Waals surface area contributed by atoms with Gasteiger partial charge in [0.15, 0.2) is 0 Å². The number of hydrogen-bond donors (Lipinski definition) is 1. The van der Waals surface area contributed by atoms with Crippen LogP contribution in [0.2, 0.25) is 0 Å². The topological polar surface area (TPSA) is 58.6 Å². The molecule has 1 atom stereocenters. The minimum Gasteiger partial charge on any atom is -0.378 e. The van der Waals surface area contributed by atoms with Crippen LogP contribution < -0.4 is 5.32 Å². The summed E-state index contributed by atoms with van der Waals surface area (Å²) in [5.41, 5.74) is -0.839. The van der Waals surface area contributed by atoms with Gasteiger partial charge in [0.25, 0.3) is 5.91 Å². The second-order valence-corrected chi connectivity index (χ2v) is 3.41. The van der Waals surface area contributed by atoms with E-state index in [1.54, 1.807) is 0 Å². The molecule has 0 aromatic heterocycles. The Labute approximate surface area is 81.4 Å². The van der Waals surface area contributed by atoms with Gasteiger partial charge in [-0.25, -0.2) is 4.79 Å². The molecule has 1 N–H and O–H groups in total. The van der Waals surface area contributed by atoms with Crippen molar-refractivity contribution in [2.24, 2.45) is 0 Å². The van der Waals surface area contributed by atoms with Crippen LogP contribution in [0.3, 0.4) is 0 Å². The van der Waals surface area contributed by atoms with Crippen LogP contribution in [0.4, 0.5) is 4.79 Å². The smallest absolute Gasteiger partial charge is 0.325 e. The second-order valence-electron chi connectivity index (χ2n) is 3.41. The summed E-state index contributed by atoms with van der Waals surface area (Å²) in [6, 6.07) is -0.418. The maximum atomic E-state index is 11.8. The minimum atomic E-state index is -0.839. The van der Waals surface area contributed by atoms with Crippen LogP contribution in [0, 0.1) is 12.3 Å². The highest BCUT2D eigenvalue weighted by molar-refractivity contribution is 6.07. The molecule has 14 heavy (non-hydrogen) atoms. The molecular formula is C9H10N2O3. The summed E-state index contributed by atoms with van der Waals surface area (Å²) in [5, 5.41) is 2.63. The van der Waals surface area contributed by atoms with Gasteiger partial charge >= 0.3 is 6.03 Å². The van der Waals surface area contributed by atoms with Crippen LogP contribution in [0.5, 0.6) is 0 Å². The third-order valence-corrected chi connectivity index (χ3v) is 2.52. The zero-order valence-corrected chi connectivity index (χ0v) is 7.58. The molecule has 0 radical (unpaired) electrons. The van der Waals surface area contributed by atoms with Crippen molar-refractivity contribution in [3.05, 3.63) is 0 Å². The Kier molecular flexibility index (Phi) is 1.93. The molecule has 2 aliphatic rings. The van der Waals surface area contributed by atoms with E-state index < -0.39 is 11.6 Å². The zero-order chi connectivity index (χ0) is 10.2. The Morgan fingerprint density at radius 2 is 2.43 bits per heavy atom. The molecule has 1 spiro atoms. The number of terminal acetylenes is 1. The average molecular weight is 194 g/mol. The van der Waals surface area contributed by atoms with Crippen LogP contribution in [-0.4, -0.2) is 42.1 Å². The lowest BCUT2D eigenvalue weighted by Gasteiger charge is -2.17. The monoisotopic (exact) mass is 194 g/mol. The van der Waals surface area contributed by atoms with Crippen molar-refractivity contribution in [1.82, 2.24) is 10.2 Å². The summed E-state index contributed by atoms with van der Waals surface area (Å²) in [7, 11) is 0. The summed E-state index contributed by atoms with van der Waals surface area (Å²) in [4.78, 5) is 24.2. The number of nitrogens with one attached hydrogen (secondary N) is 1. The van der Waals surface area contributed by atoms with Gasteiger partial charge in [-0.2, -0.15) is 0 Å². The highest BCUT2D eigenvalue weighted by atomic mass is 16.5. The molecule has 3 amide bonds. The minimum absolute atomic E-state index is 0.0203. The van der Waals surface area contributed by atoms with Crippen molar-refractivity contribution in [1.29, 1.82) is 0 Å². The van der Waals surface area contributed by atoms with Crippen molar-refractivity contribution < 1.29 is 14.3 Å². The first kappa shape index (κ1) is 9.03. The highest BCUT2D eigenvalue weighted by Gasteiger charge is 2.53. The summed E-state index contributed by atoms with van der Waals surface area (Å²) in [6.45, 7) is 0.765. The van der Waals surface area contributed by atoms with Gasteiger partial charge in [-0.1, -0.05) is 5.92 Å². The number of carbonyl (C=O) groups is 2. The lowest BCUT2D eigenvalue weighted by Crippen LogP contribution is -2.47. The van der Waals surface area contributed by atoms with E-state index in [0.717, 1.165) is 4.90 Å². The van der Waals surface area contributed by atoms with Crippen molar-refractivity contribution in [3.63, 3.8) is 0 Å². The van der Waals surface area contributed by atoms with E-state index in [4.69, 9.17) is 11.2 Å². The molecule has 0 aromatic carbocycles. The fourth-order valence-corrected chi connectivity index (χ4v) is 1.74. The fourth-order valence-electron chi connectivity index (χ4n) is 1.74. The van der Waals surface area contributed by atoms with Gasteiger partial charge < -0.3 is 10.1 Å². The number of imide groups is 1. The number of rotatable bonds is 1. The van der Waals surface area contributed by atoms with Crippen molar-refractivity contribution >= 4 is 11.9 Å². The molecule has 0 aliphatic carbocycles. The molecule has 2 rings (SSSR count). The number of nitrogens with zero attached hydrogens (tertiary/aromatic N) is 1. The normalized spacial score (nSPS) is 30.9. The Balaban J connectivity index is 2.23. The van der Waals surface area contributed by atoms with E-state index in [2.05, 4.69) is 11.2 Å². The van der Waals surface area contributed by atoms with E-state index in [-0.39, 0.29) is 19.1 Å². The van der Waals surface area contributed by atoms with Crippen LogP contribution in [0.1, 0.15) is 6.42 Å². The van der Waals surface area contributed by atoms with Crippen molar-refractivity contribution in [2.75, 3.05) is 19.8 Å². The SMILES string of the molecule is C#CCN1C(=O)NC2(CCOC2)C1=O. The lowest BCUT2D eigenvalue weighted by atomic mass is 9.99. The second kappa shape index (κ2) is 3.00. The van der Waals surface area contributed by atoms with Gasteiger partial charge in [0.1, 0.15) is 5.54 Å². The lowest BCUT2D eigenvalue weighted by molar-refractivity contribution is -0.130.